The van der Waals surface area contributed by atoms with Crippen LogP contribution in [-0.2, 0) is 4.74 Å². The van der Waals surface area contributed by atoms with Gasteiger partial charge in [0.1, 0.15) is 11.4 Å². The second-order valence-electron chi connectivity index (χ2n) is 8.35. The van der Waals surface area contributed by atoms with E-state index in [0.29, 0.717) is 18.0 Å². The van der Waals surface area contributed by atoms with Crippen LogP contribution in [0.25, 0.3) is 0 Å². The fourth-order valence-corrected chi connectivity index (χ4v) is 4.61. The van der Waals surface area contributed by atoms with Crippen molar-refractivity contribution >= 4 is 0 Å². The Labute approximate surface area is 151 Å². The standard InChI is InChI=1S/C21H32N2O2/c1-16(2)23-10-8-21(9-11-23)13-19(22-14-17-7-12-24-15-17)18-5-3-4-6-20(18)25-21/h3-6,16-17,19,22H,7-15H2,1-2H3. The van der Waals surface area contributed by atoms with Crippen molar-refractivity contribution in [3.8, 4) is 5.75 Å². The van der Waals surface area contributed by atoms with Crippen LogP contribution in [0, 0.1) is 5.92 Å². The second-order valence-corrected chi connectivity index (χ2v) is 8.35. The SMILES string of the molecule is CC(C)N1CCC2(CC1)CC(NCC1CCOC1)c1ccccc1O2. The van der Waals surface area contributed by atoms with Gasteiger partial charge in [0.15, 0.2) is 0 Å². The van der Waals surface area contributed by atoms with E-state index in [9.17, 15) is 0 Å². The number of hydrogen-bond acceptors (Lipinski definition) is 4. The van der Waals surface area contributed by atoms with E-state index < -0.39 is 0 Å². The van der Waals surface area contributed by atoms with E-state index in [1.54, 1.807) is 0 Å². The molecule has 1 N–H and O–H groups in total. The maximum absolute atomic E-state index is 6.60. The molecule has 0 amide bonds. The number of nitrogens with one attached hydrogen (secondary N) is 1. The molecule has 3 aliphatic rings. The van der Waals surface area contributed by atoms with Gasteiger partial charge in [-0.1, -0.05) is 18.2 Å². The van der Waals surface area contributed by atoms with E-state index >= 15 is 0 Å². The van der Waals surface area contributed by atoms with Crippen LogP contribution in [0.15, 0.2) is 24.3 Å². The van der Waals surface area contributed by atoms with Gasteiger partial charge in [-0.2, -0.15) is 0 Å². The second kappa shape index (κ2) is 7.26. The van der Waals surface area contributed by atoms with Crippen LogP contribution in [0.3, 0.4) is 0 Å². The van der Waals surface area contributed by atoms with Crippen molar-refractivity contribution in [2.75, 3.05) is 32.8 Å². The molecular formula is C21H32N2O2. The molecule has 4 rings (SSSR count). The van der Waals surface area contributed by atoms with Gasteiger partial charge in [-0.15, -0.1) is 0 Å². The van der Waals surface area contributed by atoms with Crippen LogP contribution in [0.4, 0.5) is 0 Å². The predicted molar refractivity (Wildman–Crippen MR) is 100 cm³/mol. The molecule has 2 fully saturated rings. The number of piperidine rings is 1. The number of rotatable bonds is 4. The van der Waals surface area contributed by atoms with E-state index in [1.165, 1.54) is 12.0 Å². The lowest BCUT2D eigenvalue weighted by Gasteiger charge is -2.48. The summed E-state index contributed by atoms with van der Waals surface area (Å²) in [6, 6.07) is 9.64. The molecule has 4 heteroatoms. The van der Waals surface area contributed by atoms with Crippen molar-refractivity contribution in [3.63, 3.8) is 0 Å². The summed E-state index contributed by atoms with van der Waals surface area (Å²) in [4.78, 5) is 2.58. The molecule has 1 aromatic carbocycles. The Bertz CT molecular complexity index is 575. The van der Waals surface area contributed by atoms with Crippen LogP contribution >= 0.6 is 0 Å². The monoisotopic (exact) mass is 344 g/mol. The maximum atomic E-state index is 6.60. The molecule has 0 bridgehead atoms. The highest BCUT2D eigenvalue weighted by molar-refractivity contribution is 5.39. The zero-order chi connectivity index (χ0) is 17.3. The molecule has 138 valence electrons. The largest absolute Gasteiger partial charge is 0.487 e. The Morgan fingerprint density at radius 2 is 2.04 bits per heavy atom. The van der Waals surface area contributed by atoms with E-state index in [0.717, 1.165) is 57.9 Å². The first kappa shape index (κ1) is 17.3. The Balaban J connectivity index is 1.48. The molecule has 25 heavy (non-hydrogen) atoms. The molecular weight excluding hydrogens is 312 g/mol. The number of fused-ring (bicyclic) bond motifs is 1. The molecule has 3 aliphatic heterocycles. The molecule has 1 aromatic rings. The molecule has 1 spiro atoms. The lowest BCUT2D eigenvalue weighted by atomic mass is 9.80. The minimum Gasteiger partial charge on any atom is -0.487 e. The zero-order valence-corrected chi connectivity index (χ0v) is 15.7. The summed E-state index contributed by atoms with van der Waals surface area (Å²) < 4.78 is 12.1. The zero-order valence-electron chi connectivity index (χ0n) is 15.7. The van der Waals surface area contributed by atoms with Crippen molar-refractivity contribution in [2.24, 2.45) is 5.92 Å². The third kappa shape index (κ3) is 3.71. The highest BCUT2D eigenvalue weighted by atomic mass is 16.5. The molecule has 4 nitrogen and oxygen atoms in total. The van der Waals surface area contributed by atoms with Gasteiger partial charge < -0.3 is 19.7 Å². The third-order valence-electron chi connectivity index (χ3n) is 6.31. The van der Waals surface area contributed by atoms with Gasteiger partial charge in [0.25, 0.3) is 0 Å². The number of ether oxygens (including phenoxy) is 2. The summed E-state index contributed by atoms with van der Waals surface area (Å²) in [7, 11) is 0. The molecule has 0 saturated carbocycles. The molecule has 2 unspecified atom stereocenters. The summed E-state index contributed by atoms with van der Waals surface area (Å²) in [5.41, 5.74) is 1.34. The summed E-state index contributed by atoms with van der Waals surface area (Å²) in [5, 5.41) is 3.85. The van der Waals surface area contributed by atoms with E-state index in [-0.39, 0.29) is 5.60 Å². The van der Waals surface area contributed by atoms with Gasteiger partial charge in [-0.3, -0.25) is 0 Å². The van der Waals surface area contributed by atoms with Gasteiger partial charge in [-0.25, -0.2) is 0 Å². The maximum Gasteiger partial charge on any atom is 0.124 e. The number of benzene rings is 1. The third-order valence-corrected chi connectivity index (χ3v) is 6.31. The van der Waals surface area contributed by atoms with Crippen molar-refractivity contribution < 1.29 is 9.47 Å². The summed E-state index contributed by atoms with van der Waals surface area (Å²) >= 11 is 0. The van der Waals surface area contributed by atoms with Gasteiger partial charge in [0, 0.05) is 50.3 Å². The van der Waals surface area contributed by atoms with Gasteiger partial charge >= 0.3 is 0 Å². The first-order valence-corrected chi connectivity index (χ1v) is 9.98. The van der Waals surface area contributed by atoms with Gasteiger partial charge in [-0.05, 0) is 45.1 Å². The number of likely N-dealkylation sites (tertiary alicyclic amines) is 1. The highest BCUT2D eigenvalue weighted by Gasteiger charge is 2.43. The van der Waals surface area contributed by atoms with Crippen molar-refractivity contribution in [1.29, 1.82) is 0 Å². The number of nitrogens with zero attached hydrogens (tertiary/aromatic N) is 1. The Morgan fingerprint density at radius 3 is 2.76 bits per heavy atom. The summed E-state index contributed by atoms with van der Waals surface area (Å²) in [5.74, 6) is 1.75. The molecule has 0 aromatic heterocycles. The predicted octanol–water partition coefficient (Wildman–Crippen LogP) is 3.38. The summed E-state index contributed by atoms with van der Waals surface area (Å²) in [6.45, 7) is 9.75. The van der Waals surface area contributed by atoms with E-state index in [2.05, 4.69) is 48.3 Å². The van der Waals surface area contributed by atoms with Crippen LogP contribution in [0.1, 0.15) is 51.1 Å². The minimum absolute atomic E-state index is 0.00356. The molecule has 2 atom stereocenters. The van der Waals surface area contributed by atoms with Crippen molar-refractivity contribution in [2.45, 2.75) is 57.2 Å². The van der Waals surface area contributed by atoms with Crippen LogP contribution in [0.5, 0.6) is 5.75 Å². The molecule has 2 saturated heterocycles. The number of hydrogen-bond donors (Lipinski definition) is 1. The fraction of sp³-hybridized carbons (Fsp3) is 0.714. The van der Waals surface area contributed by atoms with Gasteiger partial charge in [0.05, 0.1) is 6.61 Å². The smallest absolute Gasteiger partial charge is 0.124 e. The number of para-hydroxylation sites is 1. The topological polar surface area (TPSA) is 33.7 Å². The Morgan fingerprint density at radius 1 is 1.24 bits per heavy atom. The van der Waals surface area contributed by atoms with Crippen LogP contribution < -0.4 is 10.1 Å². The van der Waals surface area contributed by atoms with E-state index in [1.807, 2.05) is 0 Å². The van der Waals surface area contributed by atoms with Crippen molar-refractivity contribution in [1.82, 2.24) is 10.2 Å². The lowest BCUT2D eigenvalue weighted by Crippen LogP contribution is -2.53. The molecule has 0 radical (unpaired) electrons. The Hall–Kier alpha value is -1.10. The Kier molecular flexibility index (Phi) is 5.03. The first-order valence-electron chi connectivity index (χ1n) is 9.98. The lowest BCUT2D eigenvalue weighted by molar-refractivity contribution is -0.0316. The normalized spacial score (nSPS) is 28.9. The molecule has 0 aliphatic carbocycles. The minimum atomic E-state index is 0.00356. The van der Waals surface area contributed by atoms with E-state index in [4.69, 9.17) is 9.47 Å². The summed E-state index contributed by atoms with van der Waals surface area (Å²) in [6.07, 6.45) is 4.53. The highest BCUT2D eigenvalue weighted by Crippen LogP contribution is 2.44. The molecule has 3 heterocycles. The van der Waals surface area contributed by atoms with Gasteiger partial charge in [0.2, 0.25) is 0 Å². The first-order chi connectivity index (χ1) is 12.2. The van der Waals surface area contributed by atoms with Crippen molar-refractivity contribution in [3.05, 3.63) is 29.8 Å². The average molecular weight is 344 g/mol. The average Bonchev–Trinajstić information content (AvgIpc) is 3.13. The quantitative estimate of drug-likeness (QED) is 0.908. The fourth-order valence-electron chi connectivity index (χ4n) is 4.61. The van der Waals surface area contributed by atoms with Crippen LogP contribution in [-0.4, -0.2) is 49.4 Å². The van der Waals surface area contributed by atoms with Crippen LogP contribution in [0.2, 0.25) is 0 Å².